The van der Waals surface area contributed by atoms with E-state index in [1.165, 1.54) is 16.7 Å². The van der Waals surface area contributed by atoms with Crippen molar-refractivity contribution in [2.45, 2.75) is 12.2 Å². The first-order valence-corrected chi connectivity index (χ1v) is 7.67. The molecular formula is C20H18O2. The summed E-state index contributed by atoms with van der Waals surface area (Å²) in [7, 11) is 0. The van der Waals surface area contributed by atoms with Crippen LogP contribution >= 0.6 is 0 Å². The monoisotopic (exact) mass is 290 g/mol. The minimum absolute atomic E-state index is 0.267. The van der Waals surface area contributed by atoms with Gasteiger partial charge in [-0.2, -0.15) is 0 Å². The Morgan fingerprint density at radius 2 is 1.23 bits per heavy atom. The normalized spacial score (nSPS) is 21.8. The fourth-order valence-electron chi connectivity index (χ4n) is 2.95. The Labute approximate surface area is 130 Å². The molecule has 0 saturated carbocycles. The molecule has 4 rings (SSSR count). The molecule has 2 heteroatoms. The summed E-state index contributed by atoms with van der Waals surface area (Å²) in [6.45, 7) is 1.39. The van der Waals surface area contributed by atoms with Gasteiger partial charge in [0.25, 0.3) is 0 Å². The summed E-state index contributed by atoms with van der Waals surface area (Å²) in [4.78, 5) is 0. The molecule has 0 N–H and O–H groups in total. The Bertz CT molecular complexity index is 684. The van der Waals surface area contributed by atoms with Gasteiger partial charge in [0, 0.05) is 11.5 Å². The summed E-state index contributed by atoms with van der Waals surface area (Å²) in [6.07, 6.45) is -0.267. The average Bonchev–Trinajstić information content (AvgIpc) is 2.94. The second-order valence-electron chi connectivity index (χ2n) is 5.71. The van der Waals surface area contributed by atoms with Crippen molar-refractivity contribution < 1.29 is 9.47 Å². The molecule has 3 aliphatic rings. The first kappa shape index (κ1) is 13.5. The van der Waals surface area contributed by atoms with Gasteiger partial charge in [-0.25, -0.2) is 0 Å². The summed E-state index contributed by atoms with van der Waals surface area (Å²) < 4.78 is 11.9. The van der Waals surface area contributed by atoms with Gasteiger partial charge in [-0.3, -0.25) is 0 Å². The smallest absolute Gasteiger partial charge is 0.183 e. The SMILES string of the molecule is c1ccc(C2COC(c3ccc4cccc-4cc3)OC2)cc1. The molecule has 22 heavy (non-hydrogen) atoms. The lowest BCUT2D eigenvalue weighted by Crippen LogP contribution is -2.25. The first-order chi connectivity index (χ1) is 10.9. The lowest BCUT2D eigenvalue weighted by molar-refractivity contribution is -0.191. The molecular weight excluding hydrogens is 272 g/mol. The summed E-state index contributed by atoms with van der Waals surface area (Å²) >= 11 is 0. The van der Waals surface area contributed by atoms with Gasteiger partial charge in [0.2, 0.25) is 0 Å². The molecule has 1 heterocycles. The Balaban J connectivity index is 1.50. The molecule has 1 saturated heterocycles. The second kappa shape index (κ2) is 5.91. The van der Waals surface area contributed by atoms with E-state index >= 15 is 0 Å². The Kier molecular flexibility index (Phi) is 3.63. The highest BCUT2D eigenvalue weighted by Crippen LogP contribution is 2.31. The zero-order chi connectivity index (χ0) is 14.8. The van der Waals surface area contributed by atoms with Crippen LogP contribution < -0.4 is 0 Å². The highest BCUT2D eigenvalue weighted by molar-refractivity contribution is 5.65. The molecule has 1 aliphatic heterocycles. The van der Waals surface area contributed by atoms with Gasteiger partial charge in [0.15, 0.2) is 6.29 Å². The highest BCUT2D eigenvalue weighted by atomic mass is 16.7. The van der Waals surface area contributed by atoms with E-state index in [4.69, 9.17) is 9.47 Å². The van der Waals surface area contributed by atoms with Crippen molar-refractivity contribution in [3.05, 3.63) is 83.9 Å². The molecule has 0 bridgehead atoms. The van der Waals surface area contributed by atoms with Gasteiger partial charge in [-0.15, -0.1) is 0 Å². The molecule has 2 aliphatic carbocycles. The van der Waals surface area contributed by atoms with Gasteiger partial charge in [-0.1, -0.05) is 72.8 Å². The van der Waals surface area contributed by atoms with E-state index in [-0.39, 0.29) is 6.29 Å². The summed E-state index contributed by atoms with van der Waals surface area (Å²) in [6, 6.07) is 25.2. The van der Waals surface area contributed by atoms with E-state index in [9.17, 15) is 0 Å². The molecule has 0 amide bonds. The predicted molar refractivity (Wildman–Crippen MR) is 86.9 cm³/mol. The average molecular weight is 290 g/mol. The minimum atomic E-state index is -0.267. The molecule has 0 atom stereocenters. The third-order valence-electron chi connectivity index (χ3n) is 4.24. The van der Waals surface area contributed by atoms with Gasteiger partial charge >= 0.3 is 0 Å². The number of hydrogen-bond acceptors (Lipinski definition) is 2. The quantitative estimate of drug-likeness (QED) is 0.685. The Morgan fingerprint density at radius 1 is 0.591 bits per heavy atom. The lowest BCUT2D eigenvalue weighted by Gasteiger charge is -2.29. The molecule has 1 fully saturated rings. The maximum Gasteiger partial charge on any atom is 0.183 e. The van der Waals surface area contributed by atoms with Crippen molar-refractivity contribution in [2.24, 2.45) is 0 Å². The highest BCUT2D eigenvalue weighted by Gasteiger charge is 2.24. The van der Waals surface area contributed by atoms with E-state index in [0.717, 1.165) is 5.56 Å². The van der Waals surface area contributed by atoms with Crippen molar-refractivity contribution in [1.82, 2.24) is 0 Å². The number of fused-ring (bicyclic) bond motifs is 1. The molecule has 110 valence electrons. The van der Waals surface area contributed by atoms with Crippen LogP contribution in [-0.4, -0.2) is 13.2 Å². The zero-order valence-electron chi connectivity index (χ0n) is 12.3. The second-order valence-corrected chi connectivity index (χ2v) is 5.71. The van der Waals surface area contributed by atoms with Crippen LogP contribution in [0.2, 0.25) is 0 Å². The minimum Gasteiger partial charge on any atom is -0.348 e. The van der Waals surface area contributed by atoms with Crippen molar-refractivity contribution in [3.8, 4) is 11.1 Å². The van der Waals surface area contributed by atoms with Crippen LogP contribution in [0.25, 0.3) is 11.1 Å². The van der Waals surface area contributed by atoms with Crippen molar-refractivity contribution in [2.75, 3.05) is 13.2 Å². The Hall–Kier alpha value is -2.16. The number of hydrogen-bond donors (Lipinski definition) is 0. The number of rotatable bonds is 2. The molecule has 1 aromatic carbocycles. The van der Waals surface area contributed by atoms with Crippen LogP contribution in [0.5, 0.6) is 0 Å². The van der Waals surface area contributed by atoms with Gasteiger partial charge in [0.1, 0.15) is 0 Å². The van der Waals surface area contributed by atoms with Gasteiger partial charge < -0.3 is 9.47 Å². The van der Waals surface area contributed by atoms with Crippen LogP contribution in [-0.2, 0) is 9.47 Å². The third-order valence-corrected chi connectivity index (χ3v) is 4.24. The van der Waals surface area contributed by atoms with Crippen LogP contribution in [0.1, 0.15) is 23.3 Å². The van der Waals surface area contributed by atoms with Gasteiger partial charge in [-0.05, 0) is 16.7 Å². The molecule has 0 spiro atoms. The first-order valence-electron chi connectivity index (χ1n) is 7.67. The molecule has 0 aromatic heterocycles. The van der Waals surface area contributed by atoms with Crippen molar-refractivity contribution in [1.29, 1.82) is 0 Å². The summed E-state index contributed by atoms with van der Waals surface area (Å²) in [5.74, 6) is 0.316. The van der Waals surface area contributed by atoms with E-state index in [0.29, 0.717) is 19.1 Å². The largest absolute Gasteiger partial charge is 0.348 e. The fraction of sp³-hybridized carbons (Fsp3) is 0.200. The van der Waals surface area contributed by atoms with E-state index in [1.54, 1.807) is 0 Å². The lowest BCUT2D eigenvalue weighted by atomic mass is 10.0. The Morgan fingerprint density at radius 3 is 1.86 bits per heavy atom. The standard InChI is InChI=1S/C20H18O2/c1-2-5-15(6-3-1)19-13-21-20(22-14-19)18-11-9-16-7-4-8-17(16)10-12-18/h1-12,19-20H,13-14H2. The van der Waals surface area contributed by atoms with E-state index in [1.807, 2.05) is 6.07 Å². The molecule has 0 radical (unpaired) electrons. The third kappa shape index (κ3) is 2.63. The van der Waals surface area contributed by atoms with E-state index in [2.05, 4.69) is 66.7 Å². The van der Waals surface area contributed by atoms with Crippen LogP contribution in [0.3, 0.4) is 0 Å². The molecule has 2 nitrogen and oxygen atoms in total. The fourth-order valence-corrected chi connectivity index (χ4v) is 2.95. The van der Waals surface area contributed by atoms with Crippen molar-refractivity contribution >= 4 is 0 Å². The maximum atomic E-state index is 5.95. The van der Waals surface area contributed by atoms with Gasteiger partial charge in [0.05, 0.1) is 13.2 Å². The van der Waals surface area contributed by atoms with Crippen LogP contribution in [0, 0.1) is 0 Å². The summed E-state index contributed by atoms with van der Waals surface area (Å²) in [5.41, 5.74) is 4.83. The van der Waals surface area contributed by atoms with Crippen LogP contribution in [0.4, 0.5) is 0 Å². The number of ether oxygens (including phenoxy) is 2. The van der Waals surface area contributed by atoms with Crippen molar-refractivity contribution in [3.63, 3.8) is 0 Å². The summed E-state index contributed by atoms with van der Waals surface area (Å²) in [5, 5.41) is 0. The molecule has 1 aromatic rings. The topological polar surface area (TPSA) is 18.5 Å². The van der Waals surface area contributed by atoms with Crippen LogP contribution in [0.15, 0.2) is 72.8 Å². The predicted octanol–water partition coefficient (Wildman–Crippen LogP) is 4.62. The number of benzene rings is 1. The zero-order valence-corrected chi connectivity index (χ0v) is 12.3. The van der Waals surface area contributed by atoms with E-state index < -0.39 is 0 Å². The molecule has 0 unspecified atom stereocenters. The maximum absolute atomic E-state index is 5.95.